The van der Waals surface area contributed by atoms with Gasteiger partial charge in [0, 0.05) is 37.5 Å². The number of hydrogen-bond donors (Lipinski definition) is 2. The van der Waals surface area contributed by atoms with E-state index in [0.717, 1.165) is 5.69 Å². The molecule has 0 fully saturated rings. The molecule has 6 heteroatoms. The van der Waals surface area contributed by atoms with Gasteiger partial charge in [0.1, 0.15) is 5.84 Å². The zero-order valence-electron chi connectivity index (χ0n) is 10.3. The number of nitrogens with two attached hydrogens (primary N) is 1. The summed E-state index contributed by atoms with van der Waals surface area (Å²) in [4.78, 5) is 6.03. The molecule has 1 heterocycles. The van der Waals surface area contributed by atoms with E-state index in [4.69, 9.17) is 15.7 Å². The minimum Gasteiger partial charge on any atom is -0.481 e. The second-order valence-corrected chi connectivity index (χ2v) is 3.86. The molecule has 1 aromatic rings. The monoisotopic (exact) mass is 238 g/mol. The summed E-state index contributed by atoms with van der Waals surface area (Å²) >= 11 is 0. The SMILES string of the molecule is COc1cc(N(C)CC(C)/C(N)=N/O)ccn1. The smallest absolute Gasteiger partial charge is 0.214 e. The number of hydrogen-bond acceptors (Lipinski definition) is 5. The van der Waals surface area contributed by atoms with Crippen molar-refractivity contribution in [3.8, 4) is 5.88 Å². The van der Waals surface area contributed by atoms with E-state index in [1.54, 1.807) is 13.3 Å². The molecule has 3 N–H and O–H groups in total. The molecule has 0 saturated carbocycles. The number of methoxy groups -OCH3 is 1. The number of rotatable bonds is 5. The van der Waals surface area contributed by atoms with Gasteiger partial charge in [-0.15, -0.1) is 0 Å². The molecule has 0 amide bonds. The van der Waals surface area contributed by atoms with E-state index < -0.39 is 0 Å². The molecule has 0 radical (unpaired) electrons. The van der Waals surface area contributed by atoms with Crippen molar-refractivity contribution in [2.45, 2.75) is 6.92 Å². The average Bonchev–Trinajstić information content (AvgIpc) is 2.37. The second kappa shape index (κ2) is 5.93. The fourth-order valence-electron chi connectivity index (χ4n) is 1.46. The van der Waals surface area contributed by atoms with Gasteiger partial charge in [-0.3, -0.25) is 0 Å². The van der Waals surface area contributed by atoms with E-state index in [1.807, 2.05) is 31.0 Å². The molecule has 0 aliphatic carbocycles. The van der Waals surface area contributed by atoms with Crippen LogP contribution in [0.5, 0.6) is 5.88 Å². The van der Waals surface area contributed by atoms with Crippen LogP contribution < -0.4 is 15.4 Å². The van der Waals surface area contributed by atoms with Crippen LogP contribution in [-0.4, -0.2) is 36.7 Å². The Morgan fingerprint density at radius 3 is 3.00 bits per heavy atom. The van der Waals surface area contributed by atoms with Gasteiger partial charge in [0.15, 0.2) is 0 Å². The summed E-state index contributed by atoms with van der Waals surface area (Å²) in [6, 6.07) is 3.71. The number of pyridine rings is 1. The highest BCUT2D eigenvalue weighted by molar-refractivity contribution is 5.82. The topological polar surface area (TPSA) is 84.0 Å². The van der Waals surface area contributed by atoms with E-state index in [2.05, 4.69) is 10.1 Å². The molecule has 1 aromatic heterocycles. The minimum atomic E-state index is -0.0378. The highest BCUT2D eigenvalue weighted by Gasteiger charge is 2.12. The van der Waals surface area contributed by atoms with Gasteiger partial charge in [-0.1, -0.05) is 12.1 Å². The van der Waals surface area contributed by atoms with Crippen molar-refractivity contribution < 1.29 is 9.94 Å². The highest BCUT2D eigenvalue weighted by atomic mass is 16.5. The van der Waals surface area contributed by atoms with Crippen molar-refractivity contribution in [1.82, 2.24) is 4.98 Å². The van der Waals surface area contributed by atoms with Gasteiger partial charge in [0.2, 0.25) is 5.88 Å². The standard InChI is InChI=1S/C11H18N4O2/c1-8(11(12)14-16)7-15(2)9-4-5-13-10(6-9)17-3/h4-6,8,16H,7H2,1-3H3,(H2,12,14). The number of anilines is 1. The van der Waals surface area contributed by atoms with Crippen LogP contribution in [0.25, 0.3) is 0 Å². The zero-order valence-corrected chi connectivity index (χ0v) is 10.3. The molecular formula is C11H18N4O2. The summed E-state index contributed by atoms with van der Waals surface area (Å²) < 4.78 is 5.05. The summed E-state index contributed by atoms with van der Waals surface area (Å²) in [7, 11) is 3.50. The van der Waals surface area contributed by atoms with E-state index in [-0.39, 0.29) is 11.8 Å². The van der Waals surface area contributed by atoms with Crippen LogP contribution in [0.4, 0.5) is 5.69 Å². The van der Waals surface area contributed by atoms with Crippen molar-refractivity contribution >= 4 is 11.5 Å². The van der Waals surface area contributed by atoms with Crippen molar-refractivity contribution in [2.24, 2.45) is 16.8 Å². The molecule has 0 aliphatic heterocycles. The van der Waals surface area contributed by atoms with Gasteiger partial charge in [0.05, 0.1) is 7.11 Å². The van der Waals surface area contributed by atoms with Crippen molar-refractivity contribution in [1.29, 1.82) is 0 Å². The maximum Gasteiger partial charge on any atom is 0.214 e. The van der Waals surface area contributed by atoms with Crippen LogP contribution in [0.3, 0.4) is 0 Å². The Morgan fingerprint density at radius 1 is 1.71 bits per heavy atom. The quantitative estimate of drug-likeness (QED) is 0.345. The van der Waals surface area contributed by atoms with Crippen molar-refractivity contribution in [3.05, 3.63) is 18.3 Å². The molecule has 1 unspecified atom stereocenters. The number of ether oxygens (including phenoxy) is 1. The number of aromatic nitrogens is 1. The van der Waals surface area contributed by atoms with Gasteiger partial charge in [-0.25, -0.2) is 4.98 Å². The van der Waals surface area contributed by atoms with E-state index in [1.165, 1.54) is 0 Å². The molecule has 0 spiro atoms. The Balaban J connectivity index is 2.72. The first kappa shape index (κ1) is 13.1. The van der Waals surface area contributed by atoms with Crippen molar-refractivity contribution in [2.75, 3.05) is 25.6 Å². The summed E-state index contributed by atoms with van der Waals surface area (Å²) in [6.07, 6.45) is 1.68. The lowest BCUT2D eigenvalue weighted by molar-refractivity contribution is 0.314. The lowest BCUT2D eigenvalue weighted by Gasteiger charge is -2.22. The first-order valence-corrected chi connectivity index (χ1v) is 5.27. The first-order valence-electron chi connectivity index (χ1n) is 5.27. The van der Waals surface area contributed by atoms with Gasteiger partial charge in [0.25, 0.3) is 0 Å². The molecule has 0 aliphatic rings. The molecule has 1 rings (SSSR count). The van der Waals surface area contributed by atoms with Gasteiger partial charge >= 0.3 is 0 Å². The molecule has 6 nitrogen and oxygen atoms in total. The average molecular weight is 238 g/mol. The largest absolute Gasteiger partial charge is 0.481 e. The predicted molar refractivity (Wildman–Crippen MR) is 66.6 cm³/mol. The van der Waals surface area contributed by atoms with E-state index in [0.29, 0.717) is 12.4 Å². The predicted octanol–water partition coefficient (Wildman–Crippen LogP) is 0.909. The van der Waals surface area contributed by atoms with E-state index >= 15 is 0 Å². The number of amidine groups is 1. The summed E-state index contributed by atoms with van der Waals surface area (Å²) in [6.45, 7) is 2.53. The lowest BCUT2D eigenvalue weighted by atomic mass is 10.1. The Hall–Kier alpha value is -1.98. The minimum absolute atomic E-state index is 0.0378. The van der Waals surface area contributed by atoms with Crippen LogP contribution in [0.2, 0.25) is 0 Å². The van der Waals surface area contributed by atoms with Crippen LogP contribution >= 0.6 is 0 Å². The molecule has 94 valence electrons. The van der Waals surface area contributed by atoms with Crippen LogP contribution in [0.15, 0.2) is 23.5 Å². The molecule has 17 heavy (non-hydrogen) atoms. The Bertz CT molecular complexity index is 395. The molecule has 0 aromatic carbocycles. The van der Waals surface area contributed by atoms with Gasteiger partial charge in [-0.2, -0.15) is 0 Å². The van der Waals surface area contributed by atoms with Gasteiger partial charge < -0.3 is 20.6 Å². The molecule has 0 bridgehead atoms. The molecule has 1 atom stereocenters. The molecular weight excluding hydrogens is 220 g/mol. The lowest BCUT2D eigenvalue weighted by Crippen LogP contribution is -2.32. The maximum absolute atomic E-state index is 8.59. The van der Waals surface area contributed by atoms with Crippen LogP contribution in [-0.2, 0) is 0 Å². The second-order valence-electron chi connectivity index (χ2n) is 3.86. The van der Waals surface area contributed by atoms with E-state index in [9.17, 15) is 0 Å². The summed E-state index contributed by atoms with van der Waals surface area (Å²) in [5, 5.41) is 11.6. The summed E-state index contributed by atoms with van der Waals surface area (Å²) in [5.74, 6) is 0.743. The molecule has 0 saturated heterocycles. The number of oxime groups is 1. The fourth-order valence-corrected chi connectivity index (χ4v) is 1.46. The third kappa shape index (κ3) is 3.51. The first-order chi connectivity index (χ1) is 8.08. The fraction of sp³-hybridized carbons (Fsp3) is 0.455. The third-order valence-electron chi connectivity index (χ3n) is 2.54. The summed E-state index contributed by atoms with van der Waals surface area (Å²) in [5.41, 5.74) is 6.50. The Labute approximate surface area is 101 Å². The Morgan fingerprint density at radius 2 is 2.41 bits per heavy atom. The van der Waals surface area contributed by atoms with Crippen molar-refractivity contribution in [3.63, 3.8) is 0 Å². The van der Waals surface area contributed by atoms with Gasteiger partial charge in [-0.05, 0) is 6.07 Å². The number of nitrogens with zero attached hydrogens (tertiary/aromatic N) is 3. The Kier molecular flexibility index (Phi) is 4.56. The van der Waals surface area contributed by atoms with Crippen LogP contribution in [0, 0.1) is 5.92 Å². The highest BCUT2D eigenvalue weighted by Crippen LogP contribution is 2.18. The third-order valence-corrected chi connectivity index (χ3v) is 2.54. The van der Waals surface area contributed by atoms with Crippen LogP contribution in [0.1, 0.15) is 6.92 Å². The zero-order chi connectivity index (χ0) is 12.8. The normalized spacial score (nSPS) is 13.2. The maximum atomic E-state index is 8.59.